The number of hydrogen-bond acceptors (Lipinski definition) is 5. The molecule has 1 aliphatic carbocycles. The lowest BCUT2D eigenvalue weighted by molar-refractivity contribution is -0.112. The third-order valence-corrected chi connectivity index (χ3v) is 5.54. The summed E-state index contributed by atoms with van der Waals surface area (Å²) < 4.78 is 5.80. The minimum Gasteiger partial charge on any atom is -0.372 e. The highest BCUT2D eigenvalue weighted by Crippen LogP contribution is 2.25. The van der Waals surface area contributed by atoms with Crippen LogP contribution in [0.15, 0.2) is 94.1 Å². The molecule has 2 heterocycles. The number of amides is 1. The van der Waals surface area contributed by atoms with E-state index in [1.54, 1.807) is 18.4 Å². The number of allylic oxidation sites excluding steroid dienone is 7. The Balaban J connectivity index is 1.43. The molecule has 170 valence electrons. The van der Waals surface area contributed by atoms with E-state index in [0.29, 0.717) is 17.1 Å². The summed E-state index contributed by atoms with van der Waals surface area (Å²) in [5.74, 6) is 0.494. The predicted molar refractivity (Wildman–Crippen MR) is 134 cm³/mol. The average Bonchev–Trinajstić information content (AvgIpc) is 3.15. The summed E-state index contributed by atoms with van der Waals surface area (Å²) in [6.07, 6.45) is 14.6. The number of nitrogens with one attached hydrogen (secondary N) is 2. The zero-order chi connectivity index (χ0) is 23.2. The zero-order valence-electron chi connectivity index (χ0n) is 19.3. The Morgan fingerprint density at radius 2 is 1.88 bits per heavy atom. The molecular weight excluding hydrogens is 412 g/mol. The van der Waals surface area contributed by atoms with Gasteiger partial charge in [-0.1, -0.05) is 41.7 Å². The van der Waals surface area contributed by atoms with Gasteiger partial charge in [0.1, 0.15) is 0 Å². The minimum atomic E-state index is -0.223. The van der Waals surface area contributed by atoms with Crippen molar-refractivity contribution in [1.29, 1.82) is 0 Å². The van der Waals surface area contributed by atoms with Crippen LogP contribution in [0.3, 0.4) is 0 Å². The molecule has 1 amide bonds. The van der Waals surface area contributed by atoms with Gasteiger partial charge in [-0.3, -0.25) is 4.79 Å². The second-order valence-electron chi connectivity index (χ2n) is 8.48. The highest BCUT2D eigenvalue weighted by atomic mass is 16.5. The van der Waals surface area contributed by atoms with Gasteiger partial charge in [0.15, 0.2) is 5.82 Å². The first kappa shape index (κ1) is 22.6. The fourth-order valence-electron chi connectivity index (χ4n) is 3.95. The molecular formula is C27H30N4O2. The van der Waals surface area contributed by atoms with Gasteiger partial charge in [-0.25, -0.2) is 4.99 Å². The molecule has 0 unspecified atom stereocenters. The van der Waals surface area contributed by atoms with Crippen LogP contribution >= 0.6 is 0 Å². The first-order valence-electron chi connectivity index (χ1n) is 11.3. The summed E-state index contributed by atoms with van der Waals surface area (Å²) in [5.41, 5.74) is 7.42. The smallest absolute Gasteiger partial charge is 0.257 e. The van der Waals surface area contributed by atoms with Gasteiger partial charge in [0.2, 0.25) is 0 Å². The van der Waals surface area contributed by atoms with E-state index in [4.69, 9.17) is 4.74 Å². The lowest BCUT2D eigenvalue weighted by Crippen LogP contribution is -2.44. The maximum Gasteiger partial charge on any atom is 0.257 e. The van der Waals surface area contributed by atoms with Crippen molar-refractivity contribution in [3.05, 3.63) is 89.1 Å². The number of morpholine rings is 1. The van der Waals surface area contributed by atoms with E-state index >= 15 is 0 Å². The maximum absolute atomic E-state index is 13.0. The average molecular weight is 443 g/mol. The first-order chi connectivity index (χ1) is 16.0. The van der Waals surface area contributed by atoms with Crippen LogP contribution in [0.4, 0.5) is 11.4 Å². The summed E-state index contributed by atoms with van der Waals surface area (Å²) in [6.45, 7) is 7.68. The number of rotatable bonds is 5. The molecule has 0 radical (unpaired) electrons. The molecule has 2 atom stereocenters. The Kier molecular flexibility index (Phi) is 7.08. The number of hydrogen-bond donors (Lipinski definition) is 2. The lowest BCUT2D eigenvalue weighted by atomic mass is 10.2. The topological polar surface area (TPSA) is 66.0 Å². The van der Waals surface area contributed by atoms with Crippen molar-refractivity contribution in [3.63, 3.8) is 0 Å². The van der Waals surface area contributed by atoms with Crippen LogP contribution in [0, 0.1) is 0 Å². The highest BCUT2D eigenvalue weighted by molar-refractivity contribution is 6.18. The number of nitrogens with zero attached hydrogens (tertiary/aromatic N) is 2. The van der Waals surface area contributed by atoms with Crippen molar-refractivity contribution in [2.24, 2.45) is 4.99 Å². The summed E-state index contributed by atoms with van der Waals surface area (Å²) in [4.78, 5) is 19.7. The van der Waals surface area contributed by atoms with Crippen molar-refractivity contribution in [2.75, 3.05) is 23.7 Å². The van der Waals surface area contributed by atoms with Crippen molar-refractivity contribution in [1.82, 2.24) is 4.90 Å². The van der Waals surface area contributed by atoms with Crippen LogP contribution in [0.1, 0.15) is 27.2 Å². The van der Waals surface area contributed by atoms with Crippen LogP contribution < -0.4 is 10.6 Å². The molecule has 2 N–H and O–H groups in total. The van der Waals surface area contributed by atoms with Gasteiger partial charge in [0.05, 0.1) is 29.2 Å². The van der Waals surface area contributed by atoms with Gasteiger partial charge >= 0.3 is 0 Å². The van der Waals surface area contributed by atoms with Gasteiger partial charge in [0, 0.05) is 25.0 Å². The number of aliphatic imine (C=N–C) groups is 1. The molecule has 0 spiro atoms. The summed E-state index contributed by atoms with van der Waals surface area (Å²) in [7, 11) is 0. The van der Waals surface area contributed by atoms with Crippen molar-refractivity contribution in [3.8, 4) is 0 Å². The fraction of sp³-hybridized carbons (Fsp3) is 0.296. The third-order valence-electron chi connectivity index (χ3n) is 5.54. The number of benzene rings is 1. The first-order valence-corrected chi connectivity index (χ1v) is 11.3. The molecule has 6 nitrogen and oxygen atoms in total. The van der Waals surface area contributed by atoms with E-state index in [2.05, 4.69) is 65.3 Å². The Labute approximate surface area is 195 Å². The molecule has 1 saturated heterocycles. The fourth-order valence-corrected chi connectivity index (χ4v) is 3.95. The van der Waals surface area contributed by atoms with Gasteiger partial charge in [-0.2, -0.15) is 0 Å². The van der Waals surface area contributed by atoms with Crippen LogP contribution in [-0.2, 0) is 9.53 Å². The normalized spacial score (nSPS) is 22.5. The van der Waals surface area contributed by atoms with Crippen LogP contribution in [0.25, 0.3) is 0 Å². The monoisotopic (exact) mass is 442 g/mol. The lowest BCUT2D eigenvalue weighted by Gasteiger charge is -2.35. The largest absolute Gasteiger partial charge is 0.372 e. The second kappa shape index (κ2) is 10.3. The molecule has 2 aliphatic heterocycles. The van der Waals surface area contributed by atoms with Crippen molar-refractivity contribution >= 4 is 23.5 Å². The third kappa shape index (κ3) is 6.01. The predicted octanol–water partition coefficient (Wildman–Crippen LogP) is 4.94. The van der Waals surface area contributed by atoms with E-state index in [1.165, 1.54) is 5.57 Å². The van der Waals surface area contributed by atoms with Crippen LogP contribution in [0.5, 0.6) is 0 Å². The molecule has 6 heteroatoms. The Morgan fingerprint density at radius 1 is 1.12 bits per heavy atom. The Hall–Kier alpha value is -3.60. The molecule has 0 bridgehead atoms. The molecule has 4 rings (SSSR count). The van der Waals surface area contributed by atoms with Crippen LogP contribution in [0.2, 0.25) is 0 Å². The van der Waals surface area contributed by atoms with E-state index in [9.17, 15) is 4.79 Å². The quantitative estimate of drug-likeness (QED) is 0.634. The number of para-hydroxylation sites is 2. The van der Waals surface area contributed by atoms with Crippen LogP contribution in [-0.4, -0.2) is 42.3 Å². The second-order valence-corrected chi connectivity index (χ2v) is 8.48. The Bertz CT molecular complexity index is 1120. The highest BCUT2D eigenvalue weighted by Gasteiger charge is 2.24. The Morgan fingerprint density at radius 3 is 2.67 bits per heavy atom. The molecule has 1 fully saturated rings. The van der Waals surface area contributed by atoms with Gasteiger partial charge in [-0.15, -0.1) is 0 Å². The number of carbonyl (C=O) groups excluding carboxylic acids is 1. The number of ether oxygens (including phenoxy) is 1. The van der Waals surface area contributed by atoms with Gasteiger partial charge in [-0.05, 0) is 57.6 Å². The van der Waals surface area contributed by atoms with E-state index in [-0.39, 0.29) is 18.1 Å². The van der Waals surface area contributed by atoms with E-state index in [1.807, 2.05) is 30.3 Å². The van der Waals surface area contributed by atoms with E-state index < -0.39 is 0 Å². The van der Waals surface area contributed by atoms with Crippen molar-refractivity contribution in [2.45, 2.75) is 39.4 Å². The summed E-state index contributed by atoms with van der Waals surface area (Å²) >= 11 is 0. The van der Waals surface area contributed by atoms with Crippen molar-refractivity contribution < 1.29 is 9.53 Å². The standard InChI is InChI=1S/C27H30N4O2/c1-19-8-6-10-23(15-14-19)29-24-11-4-5-12-25(24)30-27(32)22-9-7-13-26(28-16-22)31-17-20(2)33-21(3)18-31/h4-5,7-12,14-16,20-21,29H,6,17-18H2,1-3H3,(H,30,32)/t20-,21+. The zero-order valence-corrected chi connectivity index (χ0v) is 19.3. The van der Waals surface area contributed by atoms with Gasteiger partial charge in [0.25, 0.3) is 5.91 Å². The molecule has 0 aromatic heterocycles. The summed E-state index contributed by atoms with van der Waals surface area (Å²) in [6, 6.07) is 7.68. The minimum absolute atomic E-state index is 0.124. The number of carbonyl (C=O) groups is 1. The molecule has 1 aromatic carbocycles. The molecule has 1 aromatic rings. The maximum atomic E-state index is 13.0. The summed E-state index contributed by atoms with van der Waals surface area (Å²) in [5, 5.41) is 6.43. The molecule has 0 saturated carbocycles. The van der Waals surface area contributed by atoms with E-state index in [0.717, 1.165) is 30.9 Å². The number of anilines is 2. The molecule has 3 aliphatic rings. The molecule has 33 heavy (non-hydrogen) atoms. The SMILES string of the molecule is CC1=CCC=C(Nc2ccccc2NC(=O)C2=CC=C=C(N3C[C@@H](C)O[C@@H](C)C3)N=C2)C=C1. The van der Waals surface area contributed by atoms with Gasteiger partial charge < -0.3 is 20.3 Å².